The minimum atomic E-state index is -0.444. The molecule has 10 nitrogen and oxygen atoms in total. The monoisotopic (exact) mass is 438 g/mol. The van der Waals surface area contributed by atoms with Crippen LogP contribution in [0.5, 0.6) is 0 Å². The summed E-state index contributed by atoms with van der Waals surface area (Å²) >= 11 is 0. The van der Waals surface area contributed by atoms with E-state index in [0.29, 0.717) is 22.3 Å². The molecule has 166 valence electrons. The number of rotatable bonds is 9. The molecular formula is C22H22N4O6. The van der Waals surface area contributed by atoms with Gasteiger partial charge in [0, 0.05) is 12.8 Å². The minimum Gasteiger partial charge on any atom is -0.465 e. The lowest BCUT2D eigenvalue weighted by Gasteiger charge is -2.01. The van der Waals surface area contributed by atoms with Crippen LogP contribution in [-0.2, 0) is 19.1 Å². The van der Waals surface area contributed by atoms with E-state index < -0.39 is 23.8 Å². The van der Waals surface area contributed by atoms with Gasteiger partial charge in [0.15, 0.2) is 0 Å². The molecule has 10 heteroatoms. The molecule has 0 atom stereocenters. The number of amides is 2. The number of methoxy groups -OCH3 is 2. The Bertz CT molecular complexity index is 930. The maximum absolute atomic E-state index is 11.8. The lowest BCUT2D eigenvalue weighted by atomic mass is 10.1. The molecule has 2 N–H and O–H groups in total. The third-order valence-electron chi connectivity index (χ3n) is 4.05. The fourth-order valence-electron chi connectivity index (χ4n) is 2.34. The first kappa shape index (κ1) is 23.9. The van der Waals surface area contributed by atoms with Gasteiger partial charge in [-0.1, -0.05) is 24.3 Å². The smallest absolute Gasteiger partial charge is 0.337 e. The van der Waals surface area contributed by atoms with Crippen molar-refractivity contribution in [1.82, 2.24) is 10.9 Å². The van der Waals surface area contributed by atoms with Crippen molar-refractivity contribution in [3.8, 4) is 0 Å². The van der Waals surface area contributed by atoms with E-state index in [1.165, 1.54) is 26.6 Å². The van der Waals surface area contributed by atoms with Crippen molar-refractivity contribution in [3.63, 3.8) is 0 Å². The van der Waals surface area contributed by atoms with Crippen molar-refractivity contribution in [1.29, 1.82) is 0 Å². The van der Waals surface area contributed by atoms with E-state index in [9.17, 15) is 19.2 Å². The van der Waals surface area contributed by atoms with Crippen molar-refractivity contribution in [3.05, 3.63) is 70.8 Å². The molecule has 0 aliphatic heterocycles. The molecule has 0 aromatic heterocycles. The highest BCUT2D eigenvalue weighted by Gasteiger charge is 2.06. The lowest BCUT2D eigenvalue weighted by molar-refractivity contribution is -0.126. The van der Waals surface area contributed by atoms with Crippen LogP contribution >= 0.6 is 0 Å². The van der Waals surface area contributed by atoms with Crippen LogP contribution in [0.15, 0.2) is 58.7 Å². The molecule has 0 fully saturated rings. The molecule has 0 unspecified atom stereocenters. The van der Waals surface area contributed by atoms with Crippen molar-refractivity contribution >= 4 is 36.2 Å². The molecule has 2 aromatic rings. The minimum absolute atomic E-state index is 0.0756. The van der Waals surface area contributed by atoms with Crippen LogP contribution in [0, 0.1) is 0 Å². The van der Waals surface area contributed by atoms with Crippen molar-refractivity contribution < 1.29 is 28.7 Å². The van der Waals surface area contributed by atoms with Crippen molar-refractivity contribution in [2.45, 2.75) is 12.8 Å². The highest BCUT2D eigenvalue weighted by Crippen LogP contribution is 2.05. The van der Waals surface area contributed by atoms with Gasteiger partial charge in [-0.05, 0) is 35.4 Å². The second-order valence-corrected chi connectivity index (χ2v) is 6.31. The van der Waals surface area contributed by atoms with Gasteiger partial charge >= 0.3 is 11.9 Å². The average Bonchev–Trinajstić information content (AvgIpc) is 2.82. The maximum Gasteiger partial charge on any atom is 0.337 e. The van der Waals surface area contributed by atoms with Crippen LogP contribution in [-0.4, -0.2) is 50.4 Å². The number of nitrogens with zero attached hydrogens (tertiary/aromatic N) is 2. The quantitative estimate of drug-likeness (QED) is 0.347. The Morgan fingerprint density at radius 3 is 1.34 bits per heavy atom. The van der Waals surface area contributed by atoms with Gasteiger partial charge in [0.1, 0.15) is 0 Å². The first-order valence-electron chi connectivity index (χ1n) is 9.43. The number of hydrazone groups is 2. The van der Waals surface area contributed by atoms with E-state index in [1.54, 1.807) is 48.5 Å². The zero-order valence-electron chi connectivity index (χ0n) is 17.5. The highest BCUT2D eigenvalue weighted by molar-refractivity contribution is 5.92. The summed E-state index contributed by atoms with van der Waals surface area (Å²) < 4.78 is 9.22. The van der Waals surface area contributed by atoms with Crippen LogP contribution in [0.2, 0.25) is 0 Å². The Balaban J connectivity index is 1.70. The van der Waals surface area contributed by atoms with Crippen LogP contribution in [0.1, 0.15) is 44.7 Å². The summed E-state index contributed by atoms with van der Waals surface area (Å²) in [6, 6.07) is 12.9. The largest absolute Gasteiger partial charge is 0.465 e. The van der Waals surface area contributed by atoms with E-state index in [4.69, 9.17) is 0 Å². The SMILES string of the molecule is COC(=O)c1ccc(/C=N/NC(=O)CCC(=O)N/N=C/c2ccc(C(=O)OC)cc2)cc1. The summed E-state index contributed by atoms with van der Waals surface area (Å²) in [5.74, 6) is -1.77. The van der Waals surface area contributed by atoms with Crippen molar-refractivity contribution in [2.75, 3.05) is 14.2 Å². The van der Waals surface area contributed by atoms with Crippen LogP contribution < -0.4 is 10.9 Å². The molecule has 32 heavy (non-hydrogen) atoms. The molecule has 0 bridgehead atoms. The molecule has 2 rings (SSSR count). The van der Waals surface area contributed by atoms with Crippen molar-refractivity contribution in [2.24, 2.45) is 10.2 Å². The molecular weight excluding hydrogens is 416 g/mol. The molecule has 0 saturated heterocycles. The van der Waals surface area contributed by atoms with Gasteiger partial charge < -0.3 is 9.47 Å². The Labute approximate surface area is 184 Å². The van der Waals surface area contributed by atoms with Gasteiger partial charge in [-0.3, -0.25) is 9.59 Å². The predicted octanol–water partition coefficient (Wildman–Crippen LogP) is 1.64. The van der Waals surface area contributed by atoms with Gasteiger partial charge in [0.05, 0.1) is 37.8 Å². The summed E-state index contributed by atoms with van der Waals surface area (Å²) in [7, 11) is 2.60. The lowest BCUT2D eigenvalue weighted by Crippen LogP contribution is -2.22. The van der Waals surface area contributed by atoms with E-state index in [-0.39, 0.29) is 12.8 Å². The van der Waals surface area contributed by atoms with E-state index in [0.717, 1.165) is 0 Å². The summed E-state index contributed by atoms with van der Waals surface area (Å²) in [6.07, 6.45) is 2.67. The summed E-state index contributed by atoms with van der Waals surface area (Å²) in [4.78, 5) is 46.3. The Morgan fingerprint density at radius 2 is 1.03 bits per heavy atom. The van der Waals surface area contributed by atoms with Crippen LogP contribution in [0.4, 0.5) is 0 Å². The van der Waals surface area contributed by atoms with Gasteiger partial charge in [-0.2, -0.15) is 10.2 Å². The fourth-order valence-corrected chi connectivity index (χ4v) is 2.34. The first-order chi connectivity index (χ1) is 15.4. The van der Waals surface area contributed by atoms with Gasteiger partial charge in [0.2, 0.25) is 11.8 Å². The maximum atomic E-state index is 11.8. The molecule has 0 radical (unpaired) electrons. The predicted molar refractivity (Wildman–Crippen MR) is 116 cm³/mol. The Kier molecular flexibility index (Phi) is 9.26. The number of hydrogen-bond donors (Lipinski definition) is 2. The first-order valence-corrected chi connectivity index (χ1v) is 9.43. The van der Waals surface area contributed by atoms with Gasteiger partial charge in [-0.25, -0.2) is 20.4 Å². The summed E-state index contributed by atoms with van der Waals surface area (Å²) in [5, 5.41) is 7.61. The standard InChI is InChI=1S/C22H22N4O6/c1-31-21(29)17-7-3-15(4-8-17)13-23-25-19(27)11-12-20(28)26-24-14-16-5-9-18(10-6-16)22(30)32-2/h3-10,13-14H,11-12H2,1-2H3,(H,25,27)(H,26,28)/b23-13+,24-14+. The second kappa shape index (κ2) is 12.4. The van der Waals surface area contributed by atoms with Crippen LogP contribution in [0.25, 0.3) is 0 Å². The van der Waals surface area contributed by atoms with E-state index >= 15 is 0 Å². The number of esters is 2. The van der Waals surface area contributed by atoms with E-state index in [2.05, 4.69) is 30.5 Å². The third kappa shape index (κ3) is 7.82. The fraction of sp³-hybridized carbons (Fsp3) is 0.182. The number of carbonyl (C=O) groups excluding carboxylic acids is 4. The molecule has 0 heterocycles. The number of ether oxygens (including phenoxy) is 2. The number of hydrogen-bond acceptors (Lipinski definition) is 8. The molecule has 2 aromatic carbocycles. The third-order valence-corrected chi connectivity index (χ3v) is 4.05. The second-order valence-electron chi connectivity index (χ2n) is 6.31. The number of nitrogens with one attached hydrogen (secondary N) is 2. The zero-order valence-corrected chi connectivity index (χ0v) is 17.5. The topological polar surface area (TPSA) is 136 Å². The number of benzene rings is 2. The Morgan fingerprint density at radius 1 is 0.688 bits per heavy atom. The molecule has 0 saturated carbocycles. The molecule has 2 amide bonds. The zero-order chi connectivity index (χ0) is 23.3. The average molecular weight is 438 g/mol. The van der Waals surface area contributed by atoms with Gasteiger partial charge in [-0.15, -0.1) is 0 Å². The summed E-state index contributed by atoms with van der Waals surface area (Å²) in [5.41, 5.74) is 6.79. The van der Waals surface area contributed by atoms with E-state index in [1.807, 2.05) is 0 Å². The molecule has 0 aliphatic rings. The molecule has 0 spiro atoms. The van der Waals surface area contributed by atoms with Gasteiger partial charge in [0.25, 0.3) is 0 Å². The van der Waals surface area contributed by atoms with Crippen LogP contribution in [0.3, 0.4) is 0 Å². The normalized spacial score (nSPS) is 10.7. The number of carbonyl (C=O) groups is 4. The highest BCUT2D eigenvalue weighted by atomic mass is 16.5. The Hall–Kier alpha value is -4.34. The molecule has 0 aliphatic carbocycles. The summed E-state index contributed by atoms with van der Waals surface area (Å²) in [6.45, 7) is 0.